The lowest BCUT2D eigenvalue weighted by molar-refractivity contribution is -0.143. The molecule has 0 radical (unpaired) electrons. The number of carbonyl (C=O) groups excluding carboxylic acids is 1. The van der Waals surface area contributed by atoms with E-state index in [1.54, 1.807) is 25.1 Å². The Balaban J connectivity index is 2.07. The first kappa shape index (κ1) is 17.6. The van der Waals surface area contributed by atoms with Gasteiger partial charge in [-0.1, -0.05) is 48.5 Å². The minimum atomic E-state index is -0.216. The van der Waals surface area contributed by atoms with E-state index < -0.39 is 0 Å². The summed E-state index contributed by atoms with van der Waals surface area (Å²) in [6, 6.07) is 16.8. The van der Waals surface area contributed by atoms with Crippen molar-refractivity contribution >= 4 is 17.8 Å². The lowest BCUT2D eigenvalue weighted by atomic mass is 10.1. The first-order valence-corrected chi connectivity index (χ1v) is 8.04. The summed E-state index contributed by atoms with van der Waals surface area (Å²) in [5.74, 6) is 0.633. The van der Waals surface area contributed by atoms with Crippen LogP contribution in [0, 0.1) is 0 Å². The Morgan fingerprint density at radius 2 is 1.75 bits per heavy atom. The highest BCUT2D eigenvalue weighted by atomic mass is 16.5. The standard InChI is InChI=1S/C20H22O4/c1-2-23-20(22)13-8-14-24-19(16-9-4-3-5-10-16)15-17-11-6-7-12-18(17)21/h3-7,9-12,15,21H,2,8,13-14H2,1H3/b19-15+. The van der Waals surface area contributed by atoms with Crippen LogP contribution in [0.4, 0.5) is 0 Å². The van der Waals surface area contributed by atoms with Crippen molar-refractivity contribution in [1.29, 1.82) is 0 Å². The fourth-order valence-corrected chi connectivity index (χ4v) is 2.19. The Hall–Kier alpha value is -2.75. The number of hydrogen-bond donors (Lipinski definition) is 1. The second-order valence-corrected chi connectivity index (χ2v) is 5.19. The van der Waals surface area contributed by atoms with E-state index >= 15 is 0 Å². The number of benzene rings is 2. The number of aromatic hydroxyl groups is 1. The summed E-state index contributed by atoms with van der Waals surface area (Å²) < 4.78 is 10.8. The molecule has 4 heteroatoms. The molecule has 2 aromatic carbocycles. The summed E-state index contributed by atoms with van der Waals surface area (Å²) in [7, 11) is 0. The number of para-hydroxylation sites is 1. The van der Waals surface area contributed by atoms with Crippen molar-refractivity contribution in [2.45, 2.75) is 19.8 Å². The van der Waals surface area contributed by atoms with Crippen molar-refractivity contribution < 1.29 is 19.4 Å². The van der Waals surface area contributed by atoms with Crippen molar-refractivity contribution in [2.24, 2.45) is 0 Å². The summed E-state index contributed by atoms with van der Waals surface area (Å²) in [4.78, 5) is 11.4. The molecule has 0 saturated carbocycles. The first-order chi connectivity index (χ1) is 11.7. The van der Waals surface area contributed by atoms with Crippen LogP contribution in [0.15, 0.2) is 54.6 Å². The van der Waals surface area contributed by atoms with Gasteiger partial charge in [0.2, 0.25) is 0 Å². The highest BCUT2D eigenvalue weighted by molar-refractivity contribution is 5.79. The van der Waals surface area contributed by atoms with Crippen molar-refractivity contribution in [3.05, 3.63) is 65.7 Å². The molecule has 0 aliphatic rings. The minimum absolute atomic E-state index is 0.195. The molecule has 0 aromatic heterocycles. The molecule has 24 heavy (non-hydrogen) atoms. The van der Waals surface area contributed by atoms with Gasteiger partial charge in [-0.15, -0.1) is 0 Å². The Bertz CT molecular complexity index is 677. The number of carbonyl (C=O) groups is 1. The third-order valence-electron chi connectivity index (χ3n) is 3.37. The average Bonchev–Trinajstić information content (AvgIpc) is 2.60. The fourth-order valence-electron chi connectivity index (χ4n) is 2.19. The van der Waals surface area contributed by atoms with E-state index in [9.17, 15) is 9.90 Å². The monoisotopic (exact) mass is 326 g/mol. The second-order valence-electron chi connectivity index (χ2n) is 5.19. The van der Waals surface area contributed by atoms with Gasteiger partial charge in [-0.3, -0.25) is 4.79 Å². The predicted molar refractivity (Wildman–Crippen MR) is 94.2 cm³/mol. The molecule has 0 spiro atoms. The number of hydrogen-bond acceptors (Lipinski definition) is 4. The molecule has 0 saturated heterocycles. The van der Waals surface area contributed by atoms with Gasteiger partial charge in [0.25, 0.3) is 0 Å². The van der Waals surface area contributed by atoms with Crippen molar-refractivity contribution in [3.8, 4) is 5.75 Å². The molecule has 0 unspecified atom stereocenters. The zero-order valence-electron chi connectivity index (χ0n) is 13.8. The zero-order valence-corrected chi connectivity index (χ0v) is 13.8. The van der Waals surface area contributed by atoms with Crippen LogP contribution in [0.25, 0.3) is 11.8 Å². The number of phenols is 1. The molecule has 0 aliphatic heterocycles. The summed E-state index contributed by atoms with van der Waals surface area (Å²) in [6.07, 6.45) is 2.70. The molecule has 2 aromatic rings. The SMILES string of the molecule is CCOC(=O)CCCO/C(=C/c1ccccc1O)c1ccccc1. The summed E-state index contributed by atoms with van der Waals surface area (Å²) in [5.41, 5.74) is 1.60. The quantitative estimate of drug-likeness (QED) is 0.341. The van der Waals surface area contributed by atoms with Gasteiger partial charge >= 0.3 is 5.97 Å². The van der Waals surface area contributed by atoms with Crippen LogP contribution in [0.5, 0.6) is 5.75 Å². The average molecular weight is 326 g/mol. The molecule has 0 atom stereocenters. The van der Waals surface area contributed by atoms with E-state index in [0.29, 0.717) is 37.4 Å². The maximum Gasteiger partial charge on any atom is 0.305 e. The van der Waals surface area contributed by atoms with E-state index in [0.717, 1.165) is 5.56 Å². The Morgan fingerprint density at radius 3 is 2.46 bits per heavy atom. The van der Waals surface area contributed by atoms with Crippen molar-refractivity contribution in [1.82, 2.24) is 0 Å². The maximum absolute atomic E-state index is 11.4. The Labute approximate surface area is 142 Å². The van der Waals surface area contributed by atoms with E-state index in [1.807, 2.05) is 42.5 Å². The smallest absolute Gasteiger partial charge is 0.305 e. The molecular formula is C20H22O4. The predicted octanol–water partition coefficient (Wildman–Crippen LogP) is 4.25. The number of esters is 1. The summed E-state index contributed by atoms with van der Waals surface area (Å²) in [5, 5.41) is 9.95. The van der Waals surface area contributed by atoms with Crippen LogP contribution in [0.3, 0.4) is 0 Å². The van der Waals surface area contributed by atoms with Gasteiger partial charge in [0, 0.05) is 17.5 Å². The van der Waals surface area contributed by atoms with Crippen molar-refractivity contribution in [3.63, 3.8) is 0 Å². The van der Waals surface area contributed by atoms with Gasteiger partial charge in [0.05, 0.1) is 13.2 Å². The molecule has 4 nitrogen and oxygen atoms in total. The molecule has 126 valence electrons. The molecule has 0 amide bonds. The molecular weight excluding hydrogens is 304 g/mol. The molecule has 0 aliphatic carbocycles. The van der Waals surface area contributed by atoms with E-state index in [2.05, 4.69) is 0 Å². The summed E-state index contributed by atoms with van der Waals surface area (Å²) in [6.45, 7) is 2.58. The highest BCUT2D eigenvalue weighted by Gasteiger charge is 2.07. The van der Waals surface area contributed by atoms with Crippen LogP contribution < -0.4 is 0 Å². The maximum atomic E-state index is 11.4. The normalized spacial score (nSPS) is 11.1. The lowest BCUT2D eigenvalue weighted by Crippen LogP contribution is -2.05. The topological polar surface area (TPSA) is 55.8 Å². The van der Waals surface area contributed by atoms with Crippen LogP contribution in [0.2, 0.25) is 0 Å². The van der Waals surface area contributed by atoms with E-state index in [-0.39, 0.29) is 11.7 Å². The van der Waals surface area contributed by atoms with Crippen molar-refractivity contribution in [2.75, 3.05) is 13.2 Å². The second kappa shape index (κ2) is 9.40. The highest BCUT2D eigenvalue weighted by Crippen LogP contribution is 2.24. The largest absolute Gasteiger partial charge is 0.507 e. The zero-order chi connectivity index (χ0) is 17.2. The van der Waals surface area contributed by atoms with Gasteiger partial charge in [0.1, 0.15) is 11.5 Å². The Morgan fingerprint density at radius 1 is 1.04 bits per heavy atom. The minimum Gasteiger partial charge on any atom is -0.507 e. The van der Waals surface area contributed by atoms with Crippen LogP contribution in [-0.4, -0.2) is 24.3 Å². The van der Waals surface area contributed by atoms with E-state index in [1.165, 1.54) is 0 Å². The molecule has 0 fully saturated rings. The van der Waals surface area contributed by atoms with Gasteiger partial charge in [-0.05, 0) is 25.5 Å². The summed E-state index contributed by atoms with van der Waals surface area (Å²) >= 11 is 0. The first-order valence-electron chi connectivity index (χ1n) is 8.04. The number of ether oxygens (including phenoxy) is 2. The van der Waals surface area contributed by atoms with Crippen LogP contribution >= 0.6 is 0 Å². The van der Waals surface area contributed by atoms with E-state index in [4.69, 9.17) is 9.47 Å². The van der Waals surface area contributed by atoms with Gasteiger partial charge < -0.3 is 14.6 Å². The third-order valence-corrected chi connectivity index (χ3v) is 3.37. The van der Waals surface area contributed by atoms with Gasteiger partial charge in [0.15, 0.2) is 0 Å². The molecule has 2 rings (SSSR count). The fraction of sp³-hybridized carbons (Fsp3) is 0.250. The van der Waals surface area contributed by atoms with Gasteiger partial charge in [-0.25, -0.2) is 0 Å². The molecule has 1 N–H and O–H groups in total. The van der Waals surface area contributed by atoms with Gasteiger partial charge in [-0.2, -0.15) is 0 Å². The van der Waals surface area contributed by atoms with Crippen LogP contribution in [0.1, 0.15) is 30.9 Å². The third kappa shape index (κ3) is 5.47. The number of rotatable bonds is 8. The lowest BCUT2D eigenvalue weighted by Gasteiger charge is -2.11. The Kier molecular flexibility index (Phi) is 6.90. The molecule has 0 bridgehead atoms. The number of phenolic OH excluding ortho intramolecular Hbond substituents is 1. The van der Waals surface area contributed by atoms with Crippen LogP contribution in [-0.2, 0) is 14.3 Å². The molecule has 0 heterocycles.